The molecule has 0 radical (unpaired) electrons. The lowest BCUT2D eigenvalue weighted by molar-refractivity contribution is 0.220. The number of carbonyl (C=O) groups excluding carboxylic acids is 1. The molecule has 1 heterocycles. The number of urea groups is 1. The number of anilines is 1. The van der Waals surface area contributed by atoms with Crippen molar-refractivity contribution < 1.29 is 4.79 Å². The van der Waals surface area contributed by atoms with Gasteiger partial charge in [-0.1, -0.05) is 12.1 Å². The van der Waals surface area contributed by atoms with Gasteiger partial charge in [-0.05, 0) is 24.6 Å². The van der Waals surface area contributed by atoms with Crippen LogP contribution in [-0.4, -0.2) is 23.0 Å². The molecule has 0 bridgehead atoms. The lowest BCUT2D eigenvalue weighted by Gasteiger charge is -2.17. The quantitative estimate of drug-likeness (QED) is 0.943. The summed E-state index contributed by atoms with van der Waals surface area (Å²) in [6, 6.07) is 9.03. The summed E-state index contributed by atoms with van der Waals surface area (Å²) in [5.74, 6) is 0. The van der Waals surface area contributed by atoms with Crippen molar-refractivity contribution in [1.29, 1.82) is 5.26 Å². The first kappa shape index (κ1) is 14.0. The molecule has 0 saturated heterocycles. The summed E-state index contributed by atoms with van der Waals surface area (Å²) < 4.78 is 0. The number of hydrogen-bond donors (Lipinski definition) is 1. The summed E-state index contributed by atoms with van der Waals surface area (Å²) in [5, 5.41) is 14.0. The maximum absolute atomic E-state index is 12.0. The van der Waals surface area contributed by atoms with Gasteiger partial charge < -0.3 is 4.90 Å². The van der Waals surface area contributed by atoms with Crippen molar-refractivity contribution in [3.63, 3.8) is 0 Å². The molecule has 5 nitrogen and oxygen atoms in total. The Bertz CT molecular complexity index is 642. The van der Waals surface area contributed by atoms with Crippen LogP contribution in [0.15, 0.2) is 29.6 Å². The van der Waals surface area contributed by atoms with Gasteiger partial charge >= 0.3 is 6.03 Å². The van der Waals surface area contributed by atoms with Crippen molar-refractivity contribution in [2.24, 2.45) is 0 Å². The summed E-state index contributed by atoms with van der Waals surface area (Å²) in [5.41, 5.74) is 2.47. The topological polar surface area (TPSA) is 69.0 Å². The van der Waals surface area contributed by atoms with Crippen LogP contribution < -0.4 is 5.32 Å². The molecule has 0 unspecified atom stereocenters. The normalized spacial score (nSPS) is 9.85. The zero-order valence-electron chi connectivity index (χ0n) is 11.3. The second kappa shape index (κ2) is 6.17. The number of nitrogens with zero attached hydrogens (tertiary/aromatic N) is 3. The van der Waals surface area contributed by atoms with Crippen LogP contribution in [0.3, 0.4) is 0 Å². The van der Waals surface area contributed by atoms with Gasteiger partial charge in [-0.2, -0.15) is 5.26 Å². The molecule has 0 aliphatic carbocycles. The van der Waals surface area contributed by atoms with Crippen LogP contribution in [0.1, 0.15) is 16.8 Å². The Labute approximate surface area is 121 Å². The Balaban J connectivity index is 1.95. The SMILES string of the molecule is Cc1csc(NC(=O)N(C)Cc2ccc(C#N)cc2)n1. The monoisotopic (exact) mass is 286 g/mol. The van der Waals surface area contributed by atoms with Crippen molar-refractivity contribution in [2.75, 3.05) is 12.4 Å². The maximum Gasteiger partial charge on any atom is 0.323 e. The number of amides is 2. The third kappa shape index (κ3) is 3.56. The van der Waals surface area contributed by atoms with E-state index in [9.17, 15) is 4.79 Å². The predicted octanol–water partition coefficient (Wildman–Crippen LogP) is 2.99. The van der Waals surface area contributed by atoms with Crippen molar-refractivity contribution in [1.82, 2.24) is 9.88 Å². The van der Waals surface area contributed by atoms with Crippen molar-refractivity contribution >= 4 is 22.5 Å². The van der Waals surface area contributed by atoms with Gasteiger partial charge in [0.15, 0.2) is 5.13 Å². The van der Waals surface area contributed by atoms with E-state index in [0.717, 1.165) is 11.3 Å². The average molecular weight is 286 g/mol. The fraction of sp³-hybridized carbons (Fsp3) is 0.214. The fourth-order valence-corrected chi connectivity index (χ4v) is 2.31. The number of carbonyl (C=O) groups is 1. The summed E-state index contributed by atoms with van der Waals surface area (Å²) in [6.45, 7) is 2.36. The largest absolute Gasteiger partial charge is 0.323 e. The molecule has 102 valence electrons. The molecule has 0 spiro atoms. The fourth-order valence-electron chi connectivity index (χ4n) is 1.63. The molecule has 0 fully saturated rings. The molecule has 0 atom stereocenters. The molecule has 0 saturated carbocycles. The highest BCUT2D eigenvalue weighted by Crippen LogP contribution is 2.15. The molecule has 1 N–H and O–H groups in total. The van der Waals surface area contributed by atoms with E-state index in [1.807, 2.05) is 24.4 Å². The molecule has 2 amide bonds. The Hall–Kier alpha value is -2.39. The van der Waals surface area contributed by atoms with Crippen molar-refractivity contribution in [3.8, 4) is 6.07 Å². The molecule has 1 aromatic heterocycles. The van der Waals surface area contributed by atoms with E-state index in [-0.39, 0.29) is 6.03 Å². The molecular formula is C14H14N4OS. The number of hydrogen-bond acceptors (Lipinski definition) is 4. The standard InChI is InChI=1S/C14H14N4OS/c1-10-9-20-13(16-10)17-14(19)18(2)8-12-5-3-11(7-15)4-6-12/h3-6,9H,8H2,1-2H3,(H,16,17,19). The zero-order valence-corrected chi connectivity index (χ0v) is 12.1. The Kier molecular flexibility index (Phi) is 4.33. The number of aromatic nitrogens is 1. The molecule has 20 heavy (non-hydrogen) atoms. The van der Waals surface area contributed by atoms with E-state index in [0.29, 0.717) is 17.2 Å². The summed E-state index contributed by atoms with van der Waals surface area (Å²) in [4.78, 5) is 17.7. The third-order valence-electron chi connectivity index (χ3n) is 2.68. The molecule has 0 aliphatic heterocycles. The lowest BCUT2D eigenvalue weighted by atomic mass is 10.1. The summed E-state index contributed by atoms with van der Waals surface area (Å²) in [7, 11) is 1.72. The first-order chi connectivity index (χ1) is 9.58. The van der Waals surface area contributed by atoms with Crippen LogP contribution in [0.2, 0.25) is 0 Å². The first-order valence-corrected chi connectivity index (χ1v) is 6.90. The van der Waals surface area contributed by atoms with E-state index in [2.05, 4.69) is 16.4 Å². The predicted molar refractivity (Wildman–Crippen MR) is 78.5 cm³/mol. The number of aryl methyl sites for hydroxylation is 1. The zero-order chi connectivity index (χ0) is 14.5. The molecule has 2 rings (SSSR count). The van der Waals surface area contributed by atoms with Gasteiger partial charge in [-0.3, -0.25) is 5.32 Å². The van der Waals surface area contributed by atoms with Gasteiger partial charge in [0.1, 0.15) is 0 Å². The highest BCUT2D eigenvalue weighted by Gasteiger charge is 2.11. The maximum atomic E-state index is 12.0. The van der Waals surface area contributed by atoms with E-state index in [1.165, 1.54) is 11.3 Å². The molecule has 2 aromatic rings. The molecule has 6 heteroatoms. The number of nitriles is 1. The highest BCUT2D eigenvalue weighted by molar-refractivity contribution is 7.13. The molecular weight excluding hydrogens is 272 g/mol. The van der Waals surface area contributed by atoms with Gasteiger partial charge in [0, 0.05) is 19.0 Å². The Morgan fingerprint density at radius 3 is 2.70 bits per heavy atom. The van der Waals surface area contributed by atoms with Crippen LogP contribution in [0.5, 0.6) is 0 Å². The van der Waals surface area contributed by atoms with Crippen molar-refractivity contribution in [2.45, 2.75) is 13.5 Å². The second-order valence-corrected chi connectivity index (χ2v) is 5.25. The minimum Gasteiger partial charge on any atom is -0.323 e. The van der Waals surface area contributed by atoms with Gasteiger partial charge in [0.25, 0.3) is 0 Å². The third-order valence-corrected chi connectivity index (χ3v) is 3.56. The second-order valence-electron chi connectivity index (χ2n) is 4.39. The van der Waals surface area contributed by atoms with Crippen LogP contribution in [0, 0.1) is 18.3 Å². The molecule has 0 aliphatic rings. The number of thiazole rings is 1. The number of rotatable bonds is 3. The average Bonchev–Trinajstić information content (AvgIpc) is 2.85. The highest BCUT2D eigenvalue weighted by atomic mass is 32.1. The van der Waals surface area contributed by atoms with Gasteiger partial charge in [-0.15, -0.1) is 11.3 Å². The van der Waals surface area contributed by atoms with Crippen LogP contribution in [0.4, 0.5) is 9.93 Å². The Morgan fingerprint density at radius 1 is 1.45 bits per heavy atom. The van der Waals surface area contributed by atoms with Gasteiger partial charge in [0.2, 0.25) is 0 Å². The minimum absolute atomic E-state index is 0.205. The van der Waals surface area contributed by atoms with Gasteiger partial charge in [0.05, 0.1) is 17.3 Å². The van der Waals surface area contributed by atoms with Crippen molar-refractivity contribution in [3.05, 3.63) is 46.5 Å². The van der Waals surface area contributed by atoms with Crippen LogP contribution in [0.25, 0.3) is 0 Å². The van der Waals surface area contributed by atoms with E-state index < -0.39 is 0 Å². The van der Waals surface area contributed by atoms with Crippen LogP contribution in [-0.2, 0) is 6.54 Å². The van der Waals surface area contributed by atoms with E-state index in [1.54, 1.807) is 24.1 Å². The summed E-state index contributed by atoms with van der Waals surface area (Å²) >= 11 is 1.40. The lowest BCUT2D eigenvalue weighted by Crippen LogP contribution is -2.30. The summed E-state index contributed by atoms with van der Waals surface area (Å²) in [6.07, 6.45) is 0. The smallest absolute Gasteiger partial charge is 0.323 e. The van der Waals surface area contributed by atoms with E-state index in [4.69, 9.17) is 5.26 Å². The number of benzene rings is 1. The molecule has 1 aromatic carbocycles. The van der Waals surface area contributed by atoms with E-state index >= 15 is 0 Å². The first-order valence-electron chi connectivity index (χ1n) is 6.02. The van der Waals surface area contributed by atoms with Gasteiger partial charge in [-0.25, -0.2) is 9.78 Å². The Morgan fingerprint density at radius 2 is 2.15 bits per heavy atom. The minimum atomic E-state index is -0.205. The number of nitrogens with one attached hydrogen (secondary N) is 1. The van der Waals surface area contributed by atoms with Crippen LogP contribution >= 0.6 is 11.3 Å².